The first-order valence-electron chi connectivity index (χ1n) is 6.00. The second-order valence-corrected chi connectivity index (χ2v) is 5.08. The highest BCUT2D eigenvalue weighted by atomic mass is 16.2. The van der Waals surface area contributed by atoms with Gasteiger partial charge in [0.25, 0.3) is 0 Å². The van der Waals surface area contributed by atoms with Crippen LogP contribution in [0.1, 0.15) is 47.0 Å². The molecular formula is C12H22N2O2. The predicted octanol–water partition coefficient (Wildman–Crippen LogP) is 1.30. The van der Waals surface area contributed by atoms with Crippen LogP contribution in [0.3, 0.4) is 0 Å². The summed E-state index contributed by atoms with van der Waals surface area (Å²) in [5.74, 6) is -0.0100. The molecule has 2 amide bonds. The fraction of sp³-hybridized carbons (Fsp3) is 0.833. The zero-order chi connectivity index (χ0) is 12.3. The van der Waals surface area contributed by atoms with E-state index in [0.29, 0.717) is 6.42 Å². The Morgan fingerprint density at radius 3 is 2.62 bits per heavy atom. The number of nitrogens with one attached hydrogen (secondary N) is 1. The van der Waals surface area contributed by atoms with Gasteiger partial charge in [-0.2, -0.15) is 0 Å². The lowest BCUT2D eigenvalue weighted by atomic mass is 10.0. The standard InChI is InChI=1S/C12H22N2O2/c1-5-6-7-14-9(2)8-10(15)13-12(3,4)11(14)16/h9H,5-8H2,1-4H3,(H,13,15). The molecule has 0 aromatic heterocycles. The van der Waals surface area contributed by atoms with Crippen molar-refractivity contribution in [3.8, 4) is 0 Å². The molecule has 0 aliphatic carbocycles. The first-order valence-corrected chi connectivity index (χ1v) is 6.00. The lowest BCUT2D eigenvalue weighted by molar-refractivity contribution is -0.138. The second-order valence-electron chi connectivity index (χ2n) is 5.08. The molecule has 92 valence electrons. The first-order chi connectivity index (χ1) is 7.38. The molecular weight excluding hydrogens is 204 g/mol. The number of hydrogen-bond acceptors (Lipinski definition) is 2. The van der Waals surface area contributed by atoms with Crippen molar-refractivity contribution in [2.45, 2.75) is 58.5 Å². The fourth-order valence-corrected chi connectivity index (χ4v) is 2.04. The number of unbranched alkanes of at least 4 members (excludes halogenated alkanes) is 1. The number of rotatable bonds is 3. The Morgan fingerprint density at radius 2 is 2.06 bits per heavy atom. The number of amides is 2. The van der Waals surface area contributed by atoms with E-state index in [-0.39, 0.29) is 17.9 Å². The van der Waals surface area contributed by atoms with Crippen molar-refractivity contribution >= 4 is 11.8 Å². The van der Waals surface area contributed by atoms with Gasteiger partial charge in [-0.05, 0) is 27.2 Å². The van der Waals surface area contributed by atoms with E-state index >= 15 is 0 Å². The quantitative estimate of drug-likeness (QED) is 0.788. The molecule has 0 spiro atoms. The molecule has 4 heteroatoms. The Hall–Kier alpha value is -1.06. The summed E-state index contributed by atoms with van der Waals surface area (Å²) in [5.41, 5.74) is -0.768. The van der Waals surface area contributed by atoms with Crippen LogP contribution in [0.2, 0.25) is 0 Å². The van der Waals surface area contributed by atoms with Crippen LogP contribution in [0, 0.1) is 0 Å². The van der Waals surface area contributed by atoms with Crippen molar-refractivity contribution in [3.05, 3.63) is 0 Å². The van der Waals surface area contributed by atoms with Gasteiger partial charge in [-0.1, -0.05) is 13.3 Å². The summed E-state index contributed by atoms with van der Waals surface area (Å²) in [5, 5.41) is 2.77. The minimum Gasteiger partial charge on any atom is -0.342 e. The summed E-state index contributed by atoms with van der Waals surface area (Å²) < 4.78 is 0. The predicted molar refractivity (Wildman–Crippen MR) is 62.9 cm³/mol. The number of hydrogen-bond donors (Lipinski definition) is 1. The maximum Gasteiger partial charge on any atom is 0.247 e. The van der Waals surface area contributed by atoms with Gasteiger partial charge >= 0.3 is 0 Å². The van der Waals surface area contributed by atoms with Crippen molar-refractivity contribution in [2.24, 2.45) is 0 Å². The van der Waals surface area contributed by atoms with E-state index in [1.54, 1.807) is 13.8 Å². The molecule has 1 aliphatic heterocycles. The average Bonchev–Trinajstić information content (AvgIpc) is 2.22. The van der Waals surface area contributed by atoms with Crippen molar-refractivity contribution in [1.82, 2.24) is 10.2 Å². The fourth-order valence-electron chi connectivity index (χ4n) is 2.04. The molecule has 1 atom stereocenters. The monoisotopic (exact) mass is 226 g/mol. The van der Waals surface area contributed by atoms with Gasteiger partial charge in [0.15, 0.2) is 0 Å². The molecule has 4 nitrogen and oxygen atoms in total. The lowest BCUT2D eigenvalue weighted by Gasteiger charge is -2.31. The van der Waals surface area contributed by atoms with Crippen molar-refractivity contribution in [1.29, 1.82) is 0 Å². The smallest absolute Gasteiger partial charge is 0.247 e. The molecule has 1 unspecified atom stereocenters. The topological polar surface area (TPSA) is 49.4 Å². The summed E-state index contributed by atoms with van der Waals surface area (Å²) in [6, 6.07) is 0.000764. The Bertz CT molecular complexity index is 287. The minimum absolute atomic E-state index is 0.000764. The SMILES string of the molecule is CCCCN1C(=O)C(C)(C)NC(=O)CC1C. The van der Waals surface area contributed by atoms with E-state index < -0.39 is 5.54 Å². The number of nitrogens with zero attached hydrogens (tertiary/aromatic N) is 1. The van der Waals surface area contributed by atoms with Crippen LogP contribution in [-0.4, -0.2) is 34.8 Å². The third-order valence-corrected chi connectivity index (χ3v) is 3.01. The molecule has 0 radical (unpaired) electrons. The molecule has 1 saturated heterocycles. The molecule has 0 aromatic carbocycles. The van der Waals surface area contributed by atoms with Gasteiger partial charge < -0.3 is 10.2 Å². The Kier molecular flexibility index (Phi) is 3.94. The molecule has 0 saturated carbocycles. The van der Waals surface area contributed by atoms with E-state index in [1.807, 2.05) is 11.8 Å². The normalized spacial score (nSPS) is 25.2. The Balaban J connectivity index is 2.86. The molecule has 1 fully saturated rings. The third kappa shape index (κ3) is 2.74. The van der Waals surface area contributed by atoms with Gasteiger partial charge in [0.05, 0.1) is 0 Å². The number of carbonyl (C=O) groups is 2. The third-order valence-electron chi connectivity index (χ3n) is 3.01. The Morgan fingerprint density at radius 1 is 1.44 bits per heavy atom. The van der Waals surface area contributed by atoms with Crippen LogP contribution in [0.15, 0.2) is 0 Å². The maximum atomic E-state index is 12.2. The van der Waals surface area contributed by atoms with Crippen molar-refractivity contribution in [2.75, 3.05) is 6.54 Å². The van der Waals surface area contributed by atoms with Crippen LogP contribution < -0.4 is 5.32 Å². The summed E-state index contributed by atoms with van der Waals surface area (Å²) >= 11 is 0. The van der Waals surface area contributed by atoms with E-state index in [0.717, 1.165) is 19.4 Å². The van der Waals surface area contributed by atoms with Gasteiger partial charge in [-0.15, -0.1) is 0 Å². The minimum atomic E-state index is -0.768. The van der Waals surface area contributed by atoms with E-state index in [2.05, 4.69) is 12.2 Å². The maximum absolute atomic E-state index is 12.2. The molecule has 0 aromatic rings. The van der Waals surface area contributed by atoms with Gasteiger partial charge in [-0.3, -0.25) is 9.59 Å². The zero-order valence-electron chi connectivity index (χ0n) is 10.7. The Labute approximate surface area is 97.4 Å². The van der Waals surface area contributed by atoms with Crippen LogP contribution in [0.5, 0.6) is 0 Å². The van der Waals surface area contributed by atoms with Crippen LogP contribution in [0.4, 0.5) is 0 Å². The summed E-state index contributed by atoms with van der Waals surface area (Å²) in [4.78, 5) is 25.7. The van der Waals surface area contributed by atoms with E-state index in [1.165, 1.54) is 0 Å². The molecule has 1 N–H and O–H groups in total. The summed E-state index contributed by atoms with van der Waals surface area (Å²) in [6.45, 7) is 8.32. The van der Waals surface area contributed by atoms with Gasteiger partial charge in [0.2, 0.25) is 11.8 Å². The molecule has 0 bridgehead atoms. The van der Waals surface area contributed by atoms with Crippen LogP contribution in [-0.2, 0) is 9.59 Å². The van der Waals surface area contributed by atoms with Crippen molar-refractivity contribution in [3.63, 3.8) is 0 Å². The summed E-state index contributed by atoms with van der Waals surface area (Å²) in [6.07, 6.45) is 2.44. The second kappa shape index (κ2) is 4.85. The van der Waals surface area contributed by atoms with E-state index in [9.17, 15) is 9.59 Å². The highest BCUT2D eigenvalue weighted by molar-refractivity contribution is 5.93. The highest BCUT2D eigenvalue weighted by Crippen LogP contribution is 2.18. The molecule has 16 heavy (non-hydrogen) atoms. The summed E-state index contributed by atoms with van der Waals surface area (Å²) in [7, 11) is 0. The highest BCUT2D eigenvalue weighted by Gasteiger charge is 2.38. The molecule has 1 heterocycles. The van der Waals surface area contributed by atoms with Crippen molar-refractivity contribution < 1.29 is 9.59 Å². The van der Waals surface area contributed by atoms with Crippen LogP contribution >= 0.6 is 0 Å². The average molecular weight is 226 g/mol. The number of carbonyl (C=O) groups excluding carboxylic acids is 2. The zero-order valence-corrected chi connectivity index (χ0v) is 10.7. The van der Waals surface area contributed by atoms with Gasteiger partial charge in [-0.25, -0.2) is 0 Å². The first kappa shape index (κ1) is 13.0. The molecule has 1 rings (SSSR count). The van der Waals surface area contributed by atoms with Gasteiger partial charge in [0.1, 0.15) is 5.54 Å². The molecule has 1 aliphatic rings. The van der Waals surface area contributed by atoms with Crippen LogP contribution in [0.25, 0.3) is 0 Å². The van der Waals surface area contributed by atoms with Gasteiger partial charge in [0, 0.05) is 19.0 Å². The lowest BCUT2D eigenvalue weighted by Crippen LogP contribution is -2.53. The van der Waals surface area contributed by atoms with E-state index in [4.69, 9.17) is 0 Å². The largest absolute Gasteiger partial charge is 0.342 e.